The van der Waals surface area contributed by atoms with Gasteiger partial charge in [-0.15, -0.1) is 0 Å². The van der Waals surface area contributed by atoms with Gasteiger partial charge in [0.1, 0.15) is 6.04 Å². The summed E-state index contributed by atoms with van der Waals surface area (Å²) in [6.45, 7) is 1.34. The number of benzene rings is 1. The maximum absolute atomic E-state index is 12.7. The lowest BCUT2D eigenvalue weighted by molar-refractivity contribution is -0.153. The van der Waals surface area contributed by atoms with Gasteiger partial charge in [-0.2, -0.15) is 0 Å². The average Bonchev–Trinajstić information content (AvgIpc) is 3.14. The molecule has 2 heterocycles. The number of hydrogen-bond acceptors (Lipinski definition) is 4. The summed E-state index contributed by atoms with van der Waals surface area (Å²) in [5, 5.41) is 5.87. The van der Waals surface area contributed by atoms with Crippen molar-refractivity contribution >= 4 is 23.4 Å². The SMILES string of the molecule is CN1C(=O)C2CCNN2C2CCC(C(=O)NCc3cccc(Cl)c3)CC21. The fourth-order valence-electron chi connectivity index (χ4n) is 4.66. The van der Waals surface area contributed by atoms with Crippen LogP contribution in [0.4, 0.5) is 0 Å². The summed E-state index contributed by atoms with van der Waals surface area (Å²) in [6.07, 6.45) is 3.38. The summed E-state index contributed by atoms with van der Waals surface area (Å²) in [4.78, 5) is 27.2. The molecule has 4 rings (SSSR count). The van der Waals surface area contributed by atoms with E-state index in [2.05, 4.69) is 15.8 Å². The van der Waals surface area contributed by atoms with Crippen LogP contribution in [0.3, 0.4) is 0 Å². The molecule has 2 aliphatic heterocycles. The molecule has 4 atom stereocenters. The van der Waals surface area contributed by atoms with Crippen LogP contribution in [0.5, 0.6) is 0 Å². The third kappa shape index (κ3) is 3.21. The van der Waals surface area contributed by atoms with E-state index in [9.17, 15) is 9.59 Å². The maximum atomic E-state index is 12.7. The molecule has 0 radical (unpaired) electrons. The first-order valence-corrected chi connectivity index (χ1v) is 9.73. The fraction of sp³-hybridized carbons (Fsp3) is 0.579. The summed E-state index contributed by atoms with van der Waals surface area (Å²) in [6, 6.07) is 7.90. The predicted octanol–water partition coefficient (Wildman–Crippen LogP) is 1.54. The molecule has 26 heavy (non-hydrogen) atoms. The Morgan fingerprint density at radius 3 is 2.96 bits per heavy atom. The fourth-order valence-corrected chi connectivity index (χ4v) is 4.87. The van der Waals surface area contributed by atoms with Crippen LogP contribution < -0.4 is 10.7 Å². The number of nitrogens with zero attached hydrogens (tertiary/aromatic N) is 2. The van der Waals surface area contributed by atoms with Crippen molar-refractivity contribution in [3.8, 4) is 0 Å². The van der Waals surface area contributed by atoms with Crippen LogP contribution >= 0.6 is 11.6 Å². The maximum Gasteiger partial charge on any atom is 0.241 e. The molecule has 1 aromatic carbocycles. The molecule has 140 valence electrons. The van der Waals surface area contributed by atoms with Crippen molar-refractivity contribution in [1.82, 2.24) is 20.7 Å². The van der Waals surface area contributed by atoms with Crippen molar-refractivity contribution in [1.29, 1.82) is 0 Å². The zero-order chi connectivity index (χ0) is 18.3. The lowest BCUT2D eigenvalue weighted by Crippen LogP contribution is -2.67. The second-order valence-corrected chi connectivity index (χ2v) is 8.00. The van der Waals surface area contributed by atoms with Crippen LogP contribution in [-0.2, 0) is 16.1 Å². The van der Waals surface area contributed by atoms with Crippen LogP contribution in [0.25, 0.3) is 0 Å². The van der Waals surface area contributed by atoms with Crippen LogP contribution in [0, 0.1) is 5.92 Å². The Morgan fingerprint density at radius 2 is 2.15 bits per heavy atom. The second-order valence-electron chi connectivity index (χ2n) is 7.56. The minimum absolute atomic E-state index is 0.0329. The van der Waals surface area contributed by atoms with Crippen molar-refractivity contribution < 1.29 is 9.59 Å². The molecule has 3 fully saturated rings. The summed E-state index contributed by atoms with van der Waals surface area (Å²) >= 11 is 6.00. The smallest absolute Gasteiger partial charge is 0.241 e. The molecule has 6 nitrogen and oxygen atoms in total. The van der Waals surface area contributed by atoms with E-state index < -0.39 is 0 Å². The molecule has 0 spiro atoms. The molecule has 7 heteroatoms. The molecule has 1 aromatic rings. The molecule has 4 unspecified atom stereocenters. The van der Waals surface area contributed by atoms with Gasteiger partial charge in [0.2, 0.25) is 11.8 Å². The van der Waals surface area contributed by atoms with Crippen molar-refractivity contribution in [2.75, 3.05) is 13.6 Å². The van der Waals surface area contributed by atoms with Crippen LogP contribution in [0.1, 0.15) is 31.2 Å². The van der Waals surface area contributed by atoms with Gasteiger partial charge in [0.05, 0.1) is 0 Å². The van der Waals surface area contributed by atoms with E-state index in [1.165, 1.54) is 0 Å². The first-order chi connectivity index (χ1) is 12.5. The number of piperazine rings is 1. The third-order valence-corrected chi connectivity index (χ3v) is 6.28. The summed E-state index contributed by atoms with van der Waals surface area (Å²) in [5.74, 6) is 0.196. The highest BCUT2D eigenvalue weighted by atomic mass is 35.5. The standard InChI is InChI=1S/C19H25ClN4O2/c1-23-17-10-13(18(25)21-11-12-3-2-4-14(20)9-12)5-6-15(17)24-16(19(23)26)7-8-22-24/h2-4,9,13,15-17,22H,5-8,10-11H2,1H3,(H,21,25). The Balaban J connectivity index is 1.39. The predicted molar refractivity (Wildman–Crippen MR) is 99.2 cm³/mol. The highest BCUT2D eigenvalue weighted by Crippen LogP contribution is 2.36. The van der Waals surface area contributed by atoms with Crippen molar-refractivity contribution in [3.63, 3.8) is 0 Å². The Morgan fingerprint density at radius 1 is 1.31 bits per heavy atom. The number of likely N-dealkylation sites (N-methyl/N-ethyl adjacent to an activating group) is 1. The zero-order valence-electron chi connectivity index (χ0n) is 15.0. The van der Waals surface area contributed by atoms with Gasteiger partial charge in [-0.05, 0) is 43.4 Å². The number of halogens is 1. The van der Waals surface area contributed by atoms with Crippen LogP contribution in [0.2, 0.25) is 5.02 Å². The van der Waals surface area contributed by atoms with E-state index in [4.69, 9.17) is 11.6 Å². The Kier molecular flexibility index (Phi) is 4.90. The van der Waals surface area contributed by atoms with Crippen molar-refractivity contribution in [3.05, 3.63) is 34.9 Å². The van der Waals surface area contributed by atoms with E-state index in [1.54, 1.807) is 0 Å². The van der Waals surface area contributed by atoms with E-state index in [0.717, 1.165) is 37.8 Å². The Hall–Kier alpha value is -1.63. The number of amides is 2. The highest BCUT2D eigenvalue weighted by Gasteiger charge is 2.50. The van der Waals surface area contributed by atoms with Gasteiger partial charge in [0.25, 0.3) is 0 Å². The van der Waals surface area contributed by atoms with E-state index in [1.807, 2.05) is 36.2 Å². The van der Waals surface area contributed by atoms with Crippen LogP contribution in [-0.4, -0.2) is 53.4 Å². The third-order valence-electron chi connectivity index (χ3n) is 6.04. The topological polar surface area (TPSA) is 64.7 Å². The van der Waals surface area contributed by atoms with Gasteiger partial charge in [-0.25, -0.2) is 5.01 Å². The molecule has 2 saturated heterocycles. The quantitative estimate of drug-likeness (QED) is 0.840. The van der Waals surface area contributed by atoms with Gasteiger partial charge in [0.15, 0.2) is 0 Å². The van der Waals surface area contributed by atoms with Gasteiger partial charge < -0.3 is 10.2 Å². The van der Waals surface area contributed by atoms with E-state index in [0.29, 0.717) is 17.6 Å². The monoisotopic (exact) mass is 376 g/mol. The van der Waals surface area contributed by atoms with Gasteiger partial charge in [0, 0.05) is 43.2 Å². The molecule has 2 N–H and O–H groups in total. The second kappa shape index (κ2) is 7.18. The van der Waals surface area contributed by atoms with E-state index in [-0.39, 0.29) is 29.8 Å². The summed E-state index contributed by atoms with van der Waals surface area (Å²) in [7, 11) is 1.89. The molecular weight excluding hydrogens is 352 g/mol. The number of hydrogen-bond donors (Lipinski definition) is 2. The molecule has 0 aromatic heterocycles. The van der Waals surface area contributed by atoms with E-state index >= 15 is 0 Å². The number of rotatable bonds is 3. The van der Waals surface area contributed by atoms with Crippen molar-refractivity contribution in [2.45, 2.75) is 50.4 Å². The van der Waals surface area contributed by atoms with Gasteiger partial charge in [-0.3, -0.25) is 15.0 Å². The molecule has 0 bridgehead atoms. The Bertz CT molecular complexity index is 713. The lowest BCUT2D eigenvalue weighted by Gasteiger charge is -2.50. The Labute approximate surface area is 158 Å². The number of nitrogens with one attached hydrogen (secondary N) is 2. The molecular formula is C19H25ClN4O2. The first-order valence-electron chi connectivity index (χ1n) is 9.35. The highest BCUT2D eigenvalue weighted by molar-refractivity contribution is 6.30. The molecule has 1 saturated carbocycles. The molecule has 1 aliphatic carbocycles. The van der Waals surface area contributed by atoms with Crippen molar-refractivity contribution in [2.24, 2.45) is 5.92 Å². The summed E-state index contributed by atoms with van der Waals surface area (Å²) in [5.41, 5.74) is 4.37. The number of hydrazine groups is 1. The minimum atomic E-state index is -0.0511. The molecule has 2 amide bonds. The van der Waals surface area contributed by atoms with Gasteiger partial charge >= 0.3 is 0 Å². The number of carbonyl (C=O) groups excluding carboxylic acids is 2. The molecule has 3 aliphatic rings. The normalized spacial score (nSPS) is 31.5. The average molecular weight is 377 g/mol. The zero-order valence-corrected chi connectivity index (χ0v) is 15.7. The minimum Gasteiger partial charge on any atom is -0.352 e. The summed E-state index contributed by atoms with van der Waals surface area (Å²) < 4.78 is 0. The van der Waals surface area contributed by atoms with Gasteiger partial charge in [-0.1, -0.05) is 23.7 Å². The first kappa shape index (κ1) is 17.8. The van der Waals surface area contributed by atoms with Crippen LogP contribution in [0.15, 0.2) is 24.3 Å². The lowest BCUT2D eigenvalue weighted by atomic mass is 9.79. The number of fused-ring (bicyclic) bond motifs is 3. The largest absolute Gasteiger partial charge is 0.352 e. The number of carbonyl (C=O) groups is 2.